The number of benzene rings is 3. The van der Waals surface area contributed by atoms with Crippen LogP contribution in [0.1, 0.15) is 21.7 Å². The molecule has 0 bridgehead atoms. The number of nitrogen functional groups attached to an aromatic ring is 1. The summed E-state index contributed by atoms with van der Waals surface area (Å²) in [5.41, 5.74) is 9.77. The third kappa shape index (κ3) is 5.26. The van der Waals surface area contributed by atoms with Gasteiger partial charge < -0.3 is 20.8 Å². The minimum Gasteiger partial charge on any atom is -0.505 e. The zero-order valence-corrected chi connectivity index (χ0v) is 20.3. The number of azo groups is 1. The largest absolute Gasteiger partial charge is 0.505 e. The van der Waals surface area contributed by atoms with Crippen molar-refractivity contribution < 1.29 is 15.0 Å². The second-order valence-electron chi connectivity index (χ2n) is 8.59. The van der Waals surface area contributed by atoms with Crippen LogP contribution >= 0.6 is 0 Å². The molecule has 9 heteroatoms. The molecule has 188 valence electrons. The predicted octanol–water partition coefficient (Wildman–Crippen LogP) is 6.24. The van der Waals surface area contributed by atoms with E-state index in [-0.39, 0.29) is 11.3 Å². The summed E-state index contributed by atoms with van der Waals surface area (Å²) in [4.78, 5) is 22.6. The molecule has 0 radical (unpaired) electrons. The highest BCUT2D eigenvalue weighted by molar-refractivity contribution is 6.04. The number of rotatable bonds is 8. The Hall–Kier alpha value is -5.31. The fourth-order valence-electron chi connectivity index (χ4n) is 4.18. The number of fused-ring (bicyclic) bond motifs is 1. The number of nitrogens with zero attached hydrogens (tertiary/aromatic N) is 5. The molecule has 0 atom stereocenters. The lowest BCUT2D eigenvalue weighted by Gasteiger charge is -2.25. The number of phenols is 1. The lowest BCUT2D eigenvalue weighted by Crippen LogP contribution is -2.24. The Morgan fingerprint density at radius 1 is 0.842 bits per heavy atom. The molecule has 5 aromatic rings. The van der Waals surface area contributed by atoms with Crippen molar-refractivity contribution in [3.63, 3.8) is 0 Å². The van der Waals surface area contributed by atoms with Gasteiger partial charge in [-0.1, -0.05) is 36.4 Å². The summed E-state index contributed by atoms with van der Waals surface area (Å²) in [5.74, 6) is -1.69. The SMILES string of the molecule is Nc1cc(N=Nc2c(O)c(C(=O)O)cc3ccccc23)ccc1N(Cc1ccccn1)Cc1ccccn1. The number of carboxylic acids is 1. The minimum atomic E-state index is -1.25. The van der Waals surface area contributed by atoms with Crippen molar-refractivity contribution >= 4 is 39.5 Å². The summed E-state index contributed by atoms with van der Waals surface area (Å²) in [7, 11) is 0. The summed E-state index contributed by atoms with van der Waals surface area (Å²) >= 11 is 0. The van der Waals surface area contributed by atoms with Crippen LogP contribution in [0, 0.1) is 0 Å². The summed E-state index contributed by atoms with van der Waals surface area (Å²) < 4.78 is 0. The molecule has 0 spiro atoms. The number of hydrogen-bond donors (Lipinski definition) is 3. The molecule has 0 unspecified atom stereocenters. The molecule has 0 aliphatic carbocycles. The minimum absolute atomic E-state index is 0.0788. The number of aromatic carboxylic acids is 1. The standard InChI is InChI=1S/C29H24N6O3/c30-25-16-20(33-34-27-23-10-2-1-7-19(23)15-24(28(27)36)29(37)38)11-12-26(25)35(17-21-8-3-5-13-31-21)18-22-9-4-6-14-32-22/h1-16,36H,17-18,30H2,(H,37,38). The van der Waals surface area contributed by atoms with Crippen LogP contribution in [0.25, 0.3) is 10.8 Å². The highest BCUT2D eigenvalue weighted by Gasteiger charge is 2.18. The van der Waals surface area contributed by atoms with Gasteiger partial charge in [-0.2, -0.15) is 5.11 Å². The number of pyridine rings is 2. The van der Waals surface area contributed by atoms with Crippen molar-refractivity contribution in [3.8, 4) is 5.75 Å². The fraction of sp³-hybridized carbons (Fsp3) is 0.0690. The van der Waals surface area contributed by atoms with Gasteiger partial charge in [0.15, 0.2) is 5.75 Å². The second kappa shape index (κ2) is 10.8. The summed E-state index contributed by atoms with van der Waals surface area (Å²) in [6.07, 6.45) is 3.50. The molecule has 0 aliphatic heterocycles. The van der Waals surface area contributed by atoms with Gasteiger partial charge >= 0.3 is 5.97 Å². The van der Waals surface area contributed by atoms with Crippen LogP contribution in [0.5, 0.6) is 5.75 Å². The maximum absolute atomic E-state index is 11.6. The monoisotopic (exact) mass is 504 g/mol. The molecular weight excluding hydrogens is 480 g/mol. The van der Waals surface area contributed by atoms with E-state index in [1.807, 2.05) is 42.5 Å². The number of carboxylic acid groups (broad SMARTS) is 1. The molecule has 0 saturated carbocycles. The summed E-state index contributed by atoms with van der Waals surface area (Å²) in [5, 5.41) is 29.8. The van der Waals surface area contributed by atoms with E-state index in [0.717, 1.165) is 17.1 Å². The molecule has 0 aliphatic rings. The van der Waals surface area contributed by atoms with Crippen LogP contribution in [0.4, 0.5) is 22.7 Å². The van der Waals surface area contributed by atoms with Gasteiger partial charge in [-0.05, 0) is 53.9 Å². The van der Waals surface area contributed by atoms with Crippen LogP contribution in [0.3, 0.4) is 0 Å². The first-order valence-corrected chi connectivity index (χ1v) is 11.8. The van der Waals surface area contributed by atoms with E-state index in [1.54, 1.807) is 48.8 Å². The van der Waals surface area contributed by atoms with Crippen LogP contribution < -0.4 is 10.6 Å². The highest BCUT2D eigenvalue weighted by Crippen LogP contribution is 2.40. The average molecular weight is 505 g/mol. The zero-order chi connectivity index (χ0) is 26.5. The van der Waals surface area contributed by atoms with Gasteiger partial charge in [-0.25, -0.2) is 4.79 Å². The average Bonchev–Trinajstić information content (AvgIpc) is 2.93. The number of aromatic nitrogens is 2. The molecule has 3 aromatic carbocycles. The van der Waals surface area contributed by atoms with Crippen LogP contribution in [0.2, 0.25) is 0 Å². The van der Waals surface area contributed by atoms with E-state index < -0.39 is 11.7 Å². The zero-order valence-electron chi connectivity index (χ0n) is 20.3. The Bertz CT molecular complexity index is 1580. The highest BCUT2D eigenvalue weighted by atomic mass is 16.4. The molecule has 0 saturated heterocycles. The quantitative estimate of drug-likeness (QED) is 0.168. The van der Waals surface area contributed by atoms with Crippen molar-refractivity contribution in [2.24, 2.45) is 10.2 Å². The van der Waals surface area contributed by atoms with Crippen molar-refractivity contribution in [2.75, 3.05) is 10.6 Å². The first kappa shape index (κ1) is 24.4. The van der Waals surface area contributed by atoms with Gasteiger partial charge in [0.1, 0.15) is 11.3 Å². The van der Waals surface area contributed by atoms with Crippen molar-refractivity contribution in [1.29, 1.82) is 0 Å². The molecule has 4 N–H and O–H groups in total. The lowest BCUT2D eigenvalue weighted by molar-refractivity contribution is 0.0694. The molecule has 9 nitrogen and oxygen atoms in total. The van der Waals surface area contributed by atoms with Gasteiger partial charge in [-0.15, -0.1) is 5.11 Å². The number of nitrogens with two attached hydrogens (primary N) is 1. The molecule has 2 heterocycles. The first-order valence-electron chi connectivity index (χ1n) is 11.8. The normalized spacial score (nSPS) is 11.2. The Morgan fingerprint density at radius 2 is 1.50 bits per heavy atom. The Kier molecular flexibility index (Phi) is 6.90. The van der Waals surface area contributed by atoms with Crippen LogP contribution in [0.15, 0.2) is 108 Å². The number of aromatic hydroxyl groups is 1. The van der Waals surface area contributed by atoms with E-state index in [1.165, 1.54) is 6.07 Å². The van der Waals surface area contributed by atoms with E-state index >= 15 is 0 Å². The fourth-order valence-corrected chi connectivity index (χ4v) is 4.18. The van der Waals surface area contributed by atoms with Gasteiger partial charge in [-0.3, -0.25) is 9.97 Å². The van der Waals surface area contributed by atoms with E-state index in [9.17, 15) is 15.0 Å². The van der Waals surface area contributed by atoms with E-state index in [0.29, 0.717) is 35.2 Å². The van der Waals surface area contributed by atoms with Crippen molar-refractivity contribution in [2.45, 2.75) is 13.1 Å². The van der Waals surface area contributed by atoms with Gasteiger partial charge in [0, 0.05) is 17.8 Å². The Morgan fingerprint density at radius 3 is 2.11 bits per heavy atom. The van der Waals surface area contributed by atoms with Crippen molar-refractivity contribution in [3.05, 3.63) is 114 Å². The van der Waals surface area contributed by atoms with Crippen LogP contribution in [-0.2, 0) is 13.1 Å². The third-order valence-corrected chi connectivity index (χ3v) is 6.00. The smallest absolute Gasteiger partial charge is 0.339 e. The Balaban J connectivity index is 1.48. The molecule has 0 amide bonds. The van der Waals surface area contributed by atoms with Gasteiger partial charge in [0.2, 0.25) is 0 Å². The molecule has 38 heavy (non-hydrogen) atoms. The summed E-state index contributed by atoms with van der Waals surface area (Å²) in [6, 6.07) is 25.3. The van der Waals surface area contributed by atoms with E-state index in [4.69, 9.17) is 5.73 Å². The molecular formula is C29H24N6O3. The Labute approximate surface area is 218 Å². The van der Waals surface area contributed by atoms with Gasteiger partial charge in [0.25, 0.3) is 0 Å². The number of anilines is 2. The topological polar surface area (TPSA) is 137 Å². The molecule has 0 fully saturated rings. The number of carbonyl (C=O) groups is 1. The van der Waals surface area contributed by atoms with E-state index in [2.05, 4.69) is 25.1 Å². The van der Waals surface area contributed by atoms with Crippen LogP contribution in [-0.4, -0.2) is 26.2 Å². The van der Waals surface area contributed by atoms with Crippen molar-refractivity contribution in [1.82, 2.24) is 9.97 Å². The first-order chi connectivity index (χ1) is 18.5. The van der Waals surface area contributed by atoms with Gasteiger partial charge in [0.05, 0.1) is 41.5 Å². The maximum atomic E-state index is 11.6. The lowest BCUT2D eigenvalue weighted by atomic mass is 10.0. The second-order valence-corrected chi connectivity index (χ2v) is 8.59. The molecule has 5 rings (SSSR count). The maximum Gasteiger partial charge on any atom is 0.339 e. The third-order valence-electron chi connectivity index (χ3n) is 6.00. The summed E-state index contributed by atoms with van der Waals surface area (Å²) in [6.45, 7) is 1.04. The number of hydrogen-bond acceptors (Lipinski definition) is 8. The predicted molar refractivity (Wildman–Crippen MR) is 146 cm³/mol. The molecule has 2 aromatic heterocycles.